The summed E-state index contributed by atoms with van der Waals surface area (Å²) in [6.07, 6.45) is 0. The van der Waals surface area contributed by atoms with Crippen LogP contribution in [0.1, 0.15) is 15.9 Å². The minimum Gasteiger partial charge on any atom is -0.744 e. The lowest BCUT2D eigenvalue weighted by Crippen LogP contribution is -2.13. The highest BCUT2D eigenvalue weighted by atomic mass is 32.2. The lowest BCUT2D eigenvalue weighted by Gasteiger charge is -2.16. The van der Waals surface area contributed by atoms with Crippen LogP contribution >= 0.6 is 0 Å². The molecule has 0 saturated heterocycles. The molecule has 0 bridgehead atoms. The molecule has 0 radical (unpaired) electrons. The van der Waals surface area contributed by atoms with Crippen LogP contribution in [0.4, 0.5) is 0 Å². The molecule has 0 N–H and O–H groups in total. The first kappa shape index (κ1) is 20.0. The molecule has 146 valence electrons. The summed E-state index contributed by atoms with van der Waals surface area (Å²) in [6, 6.07) is 11.7. The third-order valence-electron chi connectivity index (χ3n) is 4.00. The van der Waals surface area contributed by atoms with Crippen LogP contribution in [0.15, 0.2) is 64.4 Å². The molecule has 0 unspecified atom stereocenters. The normalized spacial score (nSPS) is 12.1. The second-order valence-electron chi connectivity index (χ2n) is 5.92. The van der Waals surface area contributed by atoms with Gasteiger partial charge in [-0.1, -0.05) is 24.3 Å². The van der Waals surface area contributed by atoms with Crippen LogP contribution in [0, 0.1) is 6.92 Å². The maximum Gasteiger partial charge on any atom is 0.343 e. The molecule has 28 heavy (non-hydrogen) atoms. The number of fused-ring (bicyclic) bond motifs is 1. The van der Waals surface area contributed by atoms with E-state index in [4.69, 9.17) is 4.74 Å². The Morgan fingerprint density at radius 2 is 1.54 bits per heavy atom. The molecule has 8 nitrogen and oxygen atoms in total. The van der Waals surface area contributed by atoms with Crippen molar-refractivity contribution in [2.75, 3.05) is 0 Å². The van der Waals surface area contributed by atoms with Crippen molar-refractivity contribution in [2.45, 2.75) is 16.7 Å². The van der Waals surface area contributed by atoms with Crippen molar-refractivity contribution in [1.29, 1.82) is 0 Å². The van der Waals surface area contributed by atoms with Gasteiger partial charge in [0.1, 0.15) is 26.0 Å². The van der Waals surface area contributed by atoms with Gasteiger partial charge in [0.15, 0.2) is 0 Å². The Morgan fingerprint density at radius 1 is 0.857 bits per heavy atom. The van der Waals surface area contributed by atoms with Gasteiger partial charge in [0.2, 0.25) is 0 Å². The number of rotatable bonds is 4. The molecule has 0 atom stereocenters. The first-order chi connectivity index (χ1) is 13.0. The van der Waals surface area contributed by atoms with Crippen molar-refractivity contribution >= 4 is 37.0 Å². The van der Waals surface area contributed by atoms with Gasteiger partial charge in [-0.15, -0.1) is 0 Å². The molecule has 3 rings (SSSR count). The number of hydrogen-bond acceptors (Lipinski definition) is 8. The summed E-state index contributed by atoms with van der Waals surface area (Å²) in [6.45, 7) is 1.66. The van der Waals surface area contributed by atoms with Crippen molar-refractivity contribution < 1.29 is 35.5 Å². The standard InChI is InChI=1S/C18H14O8S2/c1-11-4-2-3-5-15(11)18(19)26-16-9-12-6-7-14(27(20,21)22)8-13(12)10-17(16)28(23,24)25/h2-10H,1H3,(H,20,21,22)(H,23,24,25)/p-2. The van der Waals surface area contributed by atoms with Gasteiger partial charge in [0.25, 0.3) is 0 Å². The molecule has 0 heterocycles. The molecule has 0 aromatic heterocycles. The van der Waals surface area contributed by atoms with Gasteiger partial charge in [-0.2, -0.15) is 0 Å². The van der Waals surface area contributed by atoms with E-state index in [0.717, 1.165) is 24.3 Å². The van der Waals surface area contributed by atoms with Crippen molar-refractivity contribution in [3.63, 3.8) is 0 Å². The van der Waals surface area contributed by atoms with Crippen LogP contribution in [0.25, 0.3) is 10.8 Å². The highest BCUT2D eigenvalue weighted by molar-refractivity contribution is 7.86. The molecule has 0 aliphatic heterocycles. The predicted molar refractivity (Wildman–Crippen MR) is 96.0 cm³/mol. The third kappa shape index (κ3) is 4.04. The SMILES string of the molecule is Cc1ccccc1C(=O)Oc1cc2ccc(S(=O)(=O)[O-])cc2cc1S(=O)(=O)[O-]. The van der Waals surface area contributed by atoms with E-state index in [1.807, 2.05) is 0 Å². The van der Waals surface area contributed by atoms with E-state index in [1.165, 1.54) is 12.1 Å². The summed E-state index contributed by atoms with van der Waals surface area (Å²) in [5, 5.41) is 0.287. The number of aryl methyl sites for hydroxylation is 1. The van der Waals surface area contributed by atoms with Crippen LogP contribution in [-0.2, 0) is 20.2 Å². The van der Waals surface area contributed by atoms with E-state index in [1.54, 1.807) is 25.1 Å². The quantitative estimate of drug-likeness (QED) is 0.355. The topological polar surface area (TPSA) is 141 Å². The molecule has 0 amide bonds. The van der Waals surface area contributed by atoms with E-state index in [9.17, 15) is 30.7 Å². The van der Waals surface area contributed by atoms with E-state index in [2.05, 4.69) is 0 Å². The van der Waals surface area contributed by atoms with E-state index < -0.39 is 41.7 Å². The largest absolute Gasteiger partial charge is 0.744 e. The first-order valence-electron chi connectivity index (χ1n) is 7.74. The Hall–Kier alpha value is -2.79. The fourth-order valence-electron chi connectivity index (χ4n) is 2.62. The van der Waals surface area contributed by atoms with E-state index in [-0.39, 0.29) is 16.3 Å². The highest BCUT2D eigenvalue weighted by Crippen LogP contribution is 2.31. The summed E-state index contributed by atoms with van der Waals surface area (Å²) < 4.78 is 73.5. The van der Waals surface area contributed by atoms with Gasteiger partial charge >= 0.3 is 5.97 Å². The van der Waals surface area contributed by atoms with Gasteiger partial charge in [-0.05, 0) is 53.6 Å². The molecule has 0 aliphatic carbocycles. The molecule has 0 fully saturated rings. The number of hydrogen-bond donors (Lipinski definition) is 0. The maximum absolute atomic E-state index is 12.4. The van der Waals surface area contributed by atoms with Crippen LogP contribution in [0.2, 0.25) is 0 Å². The van der Waals surface area contributed by atoms with E-state index in [0.29, 0.717) is 5.56 Å². The Morgan fingerprint density at radius 3 is 2.14 bits per heavy atom. The predicted octanol–water partition coefficient (Wildman–Crippen LogP) is 2.18. The van der Waals surface area contributed by atoms with Gasteiger partial charge < -0.3 is 13.8 Å². The maximum atomic E-state index is 12.4. The molecule has 3 aromatic rings. The minimum atomic E-state index is -5.07. The van der Waals surface area contributed by atoms with Crippen LogP contribution in [-0.4, -0.2) is 31.9 Å². The highest BCUT2D eigenvalue weighted by Gasteiger charge is 2.18. The van der Waals surface area contributed by atoms with Crippen LogP contribution in [0.3, 0.4) is 0 Å². The van der Waals surface area contributed by atoms with Crippen molar-refractivity contribution in [3.05, 3.63) is 65.7 Å². The van der Waals surface area contributed by atoms with Crippen molar-refractivity contribution in [1.82, 2.24) is 0 Å². The monoisotopic (exact) mass is 420 g/mol. The molecule has 0 aliphatic rings. The van der Waals surface area contributed by atoms with Crippen molar-refractivity contribution in [3.8, 4) is 5.75 Å². The summed E-state index contributed by atoms with van der Waals surface area (Å²) >= 11 is 0. The number of esters is 1. The first-order valence-corrected chi connectivity index (χ1v) is 10.6. The average Bonchev–Trinajstić information content (AvgIpc) is 2.59. The molecule has 3 aromatic carbocycles. The Labute approximate surface area is 160 Å². The minimum absolute atomic E-state index is 0.0158. The zero-order valence-corrected chi connectivity index (χ0v) is 15.9. The fraction of sp³-hybridized carbons (Fsp3) is 0.0556. The zero-order valence-electron chi connectivity index (χ0n) is 14.3. The number of ether oxygens (including phenoxy) is 1. The summed E-state index contributed by atoms with van der Waals surface area (Å²) in [7, 11) is -9.84. The second kappa shape index (κ2) is 6.99. The summed E-state index contributed by atoms with van der Waals surface area (Å²) in [5.41, 5.74) is 0.773. The van der Waals surface area contributed by atoms with Gasteiger partial charge in [0, 0.05) is 0 Å². The Bertz CT molecular complexity index is 1310. The molecule has 0 spiro atoms. The number of benzene rings is 3. The zero-order chi connectivity index (χ0) is 20.7. The number of carbonyl (C=O) groups excluding carboxylic acids is 1. The van der Waals surface area contributed by atoms with Crippen LogP contribution < -0.4 is 4.74 Å². The van der Waals surface area contributed by atoms with E-state index >= 15 is 0 Å². The average molecular weight is 420 g/mol. The number of carbonyl (C=O) groups is 1. The molecule has 0 saturated carbocycles. The molecular formula is C18H12O8S2-2. The van der Waals surface area contributed by atoms with Crippen molar-refractivity contribution in [2.24, 2.45) is 0 Å². The Kier molecular flexibility index (Phi) is 4.98. The second-order valence-corrected chi connectivity index (χ2v) is 8.65. The van der Waals surface area contributed by atoms with Gasteiger partial charge in [-0.3, -0.25) is 0 Å². The fourth-order valence-corrected chi connectivity index (χ4v) is 3.75. The van der Waals surface area contributed by atoms with Crippen LogP contribution in [0.5, 0.6) is 5.75 Å². The summed E-state index contributed by atoms with van der Waals surface area (Å²) in [5.74, 6) is -1.35. The lowest BCUT2D eigenvalue weighted by molar-refractivity contribution is 0.0729. The molecular weight excluding hydrogens is 408 g/mol. The smallest absolute Gasteiger partial charge is 0.343 e. The summed E-state index contributed by atoms with van der Waals surface area (Å²) in [4.78, 5) is 11.0. The van der Waals surface area contributed by atoms with Gasteiger partial charge in [0.05, 0.1) is 15.4 Å². The van der Waals surface area contributed by atoms with Gasteiger partial charge in [-0.25, -0.2) is 21.6 Å². The Balaban J connectivity index is 2.16. The third-order valence-corrected chi connectivity index (χ3v) is 5.69. The lowest BCUT2D eigenvalue weighted by atomic mass is 10.1. The molecule has 10 heteroatoms.